The van der Waals surface area contributed by atoms with Crippen LogP contribution in [0.1, 0.15) is 65.7 Å². The Morgan fingerprint density at radius 3 is 2.54 bits per heavy atom. The van der Waals surface area contributed by atoms with Gasteiger partial charge in [-0.25, -0.2) is 0 Å². The first-order valence-electron chi connectivity index (χ1n) is 9.54. The van der Waals surface area contributed by atoms with E-state index in [1.54, 1.807) is 6.92 Å². The predicted octanol–water partition coefficient (Wildman–Crippen LogP) is 3.90. The lowest BCUT2D eigenvalue weighted by Gasteiger charge is -2.57. The molecular formula is C21H28O3. The van der Waals surface area contributed by atoms with E-state index in [1.807, 2.05) is 6.08 Å². The maximum Gasteiger partial charge on any atom is 0.155 e. The molecule has 0 aromatic rings. The summed E-state index contributed by atoms with van der Waals surface area (Å²) in [5, 5.41) is 0. The Balaban J connectivity index is 1.70. The van der Waals surface area contributed by atoms with Crippen molar-refractivity contribution >= 4 is 17.3 Å². The van der Waals surface area contributed by atoms with Gasteiger partial charge in [-0.15, -0.1) is 0 Å². The first-order valence-corrected chi connectivity index (χ1v) is 9.54. The summed E-state index contributed by atoms with van der Waals surface area (Å²) in [5.74, 6) is 1.62. The standard InChI is InChI=1S/C21H28O3/c1-12(22)19-18(24)11-17-15-5-4-13-10-14(23)6-8-20(13,2)16(15)7-9-21(17,19)3/h10,15-17,19H,4-9,11H2,1-3H3/t15?,16?,17?,19-,20-,21-/m0/s1. The SMILES string of the molecule is CC(=O)[C@H]1C(=O)CC2C3CCC4=CC(=O)CC[C@]4(C)C3CC[C@@]21C. The molecule has 3 fully saturated rings. The molecule has 3 unspecified atom stereocenters. The van der Waals surface area contributed by atoms with E-state index < -0.39 is 0 Å². The summed E-state index contributed by atoms with van der Waals surface area (Å²) in [6, 6.07) is 0. The zero-order valence-corrected chi connectivity index (χ0v) is 15.1. The molecular weight excluding hydrogens is 300 g/mol. The third kappa shape index (κ3) is 1.99. The van der Waals surface area contributed by atoms with Crippen LogP contribution >= 0.6 is 0 Å². The Bertz CT molecular complexity index is 658. The summed E-state index contributed by atoms with van der Waals surface area (Å²) in [6.07, 6.45) is 8.29. The van der Waals surface area contributed by atoms with Gasteiger partial charge in [0.1, 0.15) is 11.6 Å². The second-order valence-corrected chi connectivity index (χ2v) is 9.23. The third-order valence-corrected chi connectivity index (χ3v) is 8.21. The molecule has 0 N–H and O–H groups in total. The van der Waals surface area contributed by atoms with E-state index in [0.29, 0.717) is 30.6 Å². The number of carbonyl (C=O) groups is 3. The number of rotatable bonds is 1. The van der Waals surface area contributed by atoms with Crippen molar-refractivity contribution in [2.45, 2.75) is 65.7 Å². The topological polar surface area (TPSA) is 51.2 Å². The van der Waals surface area contributed by atoms with Crippen LogP contribution in [0, 0.1) is 34.5 Å². The molecule has 130 valence electrons. The fourth-order valence-corrected chi connectivity index (χ4v) is 7.04. The molecule has 3 nitrogen and oxygen atoms in total. The van der Waals surface area contributed by atoms with Crippen molar-refractivity contribution in [1.82, 2.24) is 0 Å². The van der Waals surface area contributed by atoms with Gasteiger partial charge in [-0.2, -0.15) is 0 Å². The van der Waals surface area contributed by atoms with Gasteiger partial charge >= 0.3 is 0 Å². The van der Waals surface area contributed by atoms with Gasteiger partial charge in [-0.1, -0.05) is 19.4 Å². The highest BCUT2D eigenvalue weighted by Gasteiger charge is 2.62. The second-order valence-electron chi connectivity index (χ2n) is 9.23. The van der Waals surface area contributed by atoms with Gasteiger partial charge in [0, 0.05) is 12.8 Å². The summed E-state index contributed by atoms with van der Waals surface area (Å²) < 4.78 is 0. The number of carbonyl (C=O) groups excluding carboxylic acids is 3. The van der Waals surface area contributed by atoms with E-state index in [0.717, 1.165) is 32.1 Å². The average Bonchev–Trinajstić information content (AvgIpc) is 2.78. The Labute approximate surface area is 144 Å². The zero-order chi connectivity index (χ0) is 17.3. The summed E-state index contributed by atoms with van der Waals surface area (Å²) in [5.41, 5.74) is 1.36. The smallest absolute Gasteiger partial charge is 0.155 e. The van der Waals surface area contributed by atoms with Crippen LogP contribution in [0.5, 0.6) is 0 Å². The molecule has 0 radical (unpaired) electrons. The van der Waals surface area contributed by atoms with Crippen molar-refractivity contribution in [1.29, 1.82) is 0 Å². The van der Waals surface area contributed by atoms with Gasteiger partial charge in [0.05, 0.1) is 5.92 Å². The first-order chi connectivity index (χ1) is 11.3. The van der Waals surface area contributed by atoms with E-state index in [2.05, 4.69) is 13.8 Å². The fraction of sp³-hybridized carbons (Fsp3) is 0.762. The molecule has 6 atom stereocenters. The molecule has 3 saturated carbocycles. The minimum Gasteiger partial charge on any atom is -0.299 e. The molecule has 4 rings (SSSR count). The van der Waals surface area contributed by atoms with Crippen molar-refractivity contribution in [3.63, 3.8) is 0 Å². The Morgan fingerprint density at radius 2 is 1.83 bits per heavy atom. The van der Waals surface area contributed by atoms with Gasteiger partial charge in [-0.3, -0.25) is 14.4 Å². The number of Topliss-reactive ketones (excluding diaryl/α,β-unsaturated/α-hetero) is 2. The highest BCUT2D eigenvalue weighted by atomic mass is 16.2. The van der Waals surface area contributed by atoms with Crippen molar-refractivity contribution in [2.75, 3.05) is 0 Å². The normalized spacial score (nSPS) is 47.5. The van der Waals surface area contributed by atoms with Crippen LogP contribution < -0.4 is 0 Å². The van der Waals surface area contributed by atoms with Crippen molar-refractivity contribution < 1.29 is 14.4 Å². The lowest BCUT2D eigenvalue weighted by molar-refractivity contribution is -0.135. The van der Waals surface area contributed by atoms with Gasteiger partial charge in [-0.05, 0) is 73.7 Å². The average molecular weight is 328 g/mol. The zero-order valence-electron chi connectivity index (χ0n) is 15.1. The van der Waals surface area contributed by atoms with E-state index in [1.165, 1.54) is 5.57 Å². The van der Waals surface area contributed by atoms with Crippen molar-refractivity contribution in [3.05, 3.63) is 11.6 Å². The quantitative estimate of drug-likeness (QED) is 0.686. The molecule has 0 aliphatic heterocycles. The number of hydrogen-bond acceptors (Lipinski definition) is 3. The van der Waals surface area contributed by atoms with Crippen LogP contribution in [0.4, 0.5) is 0 Å². The van der Waals surface area contributed by atoms with Crippen LogP contribution in [0.2, 0.25) is 0 Å². The fourth-order valence-electron chi connectivity index (χ4n) is 7.04. The van der Waals surface area contributed by atoms with Crippen LogP contribution in [0.25, 0.3) is 0 Å². The summed E-state index contributed by atoms with van der Waals surface area (Å²) >= 11 is 0. The highest BCUT2D eigenvalue weighted by molar-refractivity contribution is 6.04. The van der Waals surface area contributed by atoms with Crippen LogP contribution in [0.3, 0.4) is 0 Å². The maximum absolute atomic E-state index is 12.6. The highest BCUT2D eigenvalue weighted by Crippen LogP contribution is 2.65. The summed E-state index contributed by atoms with van der Waals surface area (Å²) in [7, 11) is 0. The molecule has 0 amide bonds. The van der Waals surface area contributed by atoms with Gasteiger partial charge in [0.2, 0.25) is 0 Å². The van der Waals surface area contributed by atoms with E-state index >= 15 is 0 Å². The third-order valence-electron chi connectivity index (χ3n) is 8.21. The van der Waals surface area contributed by atoms with Crippen molar-refractivity contribution in [3.8, 4) is 0 Å². The lowest BCUT2D eigenvalue weighted by atomic mass is 9.46. The van der Waals surface area contributed by atoms with E-state index in [9.17, 15) is 14.4 Å². The number of fused-ring (bicyclic) bond motifs is 5. The molecule has 4 aliphatic carbocycles. The molecule has 0 heterocycles. The van der Waals surface area contributed by atoms with Gasteiger partial charge < -0.3 is 0 Å². The molecule has 4 aliphatic rings. The van der Waals surface area contributed by atoms with Crippen molar-refractivity contribution in [2.24, 2.45) is 34.5 Å². The Hall–Kier alpha value is -1.25. The van der Waals surface area contributed by atoms with Gasteiger partial charge in [0.15, 0.2) is 5.78 Å². The van der Waals surface area contributed by atoms with Crippen LogP contribution in [-0.4, -0.2) is 17.3 Å². The van der Waals surface area contributed by atoms with E-state index in [-0.39, 0.29) is 34.1 Å². The Morgan fingerprint density at radius 1 is 1.08 bits per heavy atom. The molecule has 0 aromatic heterocycles. The monoisotopic (exact) mass is 328 g/mol. The predicted molar refractivity (Wildman–Crippen MR) is 91.3 cm³/mol. The minimum atomic E-state index is -0.374. The van der Waals surface area contributed by atoms with Gasteiger partial charge in [0.25, 0.3) is 0 Å². The van der Waals surface area contributed by atoms with E-state index in [4.69, 9.17) is 0 Å². The molecule has 3 heteroatoms. The lowest BCUT2D eigenvalue weighted by Crippen LogP contribution is -2.51. The molecule has 0 spiro atoms. The van der Waals surface area contributed by atoms with Crippen LogP contribution in [-0.2, 0) is 14.4 Å². The molecule has 0 bridgehead atoms. The maximum atomic E-state index is 12.6. The summed E-state index contributed by atoms with van der Waals surface area (Å²) in [6.45, 7) is 6.14. The number of hydrogen-bond donors (Lipinski definition) is 0. The Kier molecular flexibility index (Phi) is 3.47. The second kappa shape index (κ2) is 5.12. The number of allylic oxidation sites excluding steroid dienone is 1. The first kappa shape index (κ1) is 16.2. The number of ketones is 3. The molecule has 0 saturated heterocycles. The summed E-state index contributed by atoms with van der Waals surface area (Å²) in [4.78, 5) is 36.6. The minimum absolute atomic E-state index is 0.0642. The molecule has 0 aromatic carbocycles. The van der Waals surface area contributed by atoms with Crippen LogP contribution in [0.15, 0.2) is 11.6 Å². The molecule has 24 heavy (non-hydrogen) atoms. The largest absolute Gasteiger partial charge is 0.299 e.